The second-order valence-corrected chi connectivity index (χ2v) is 3.81. The molecule has 1 aromatic carbocycles. The van der Waals surface area contributed by atoms with E-state index in [0.29, 0.717) is 17.9 Å². The first-order chi connectivity index (χ1) is 8.92. The summed E-state index contributed by atoms with van der Waals surface area (Å²) in [6.07, 6.45) is -2.98. The predicted octanol–water partition coefficient (Wildman–Crippen LogP) is 2.33. The average molecular weight is 272 g/mol. The number of aromatic nitrogens is 3. The van der Waals surface area contributed by atoms with Gasteiger partial charge in [-0.15, -0.1) is 18.3 Å². The zero-order valence-corrected chi connectivity index (χ0v) is 9.98. The van der Waals surface area contributed by atoms with Crippen LogP contribution in [0.5, 0.6) is 5.75 Å². The Morgan fingerprint density at radius 1 is 1.37 bits per heavy atom. The summed E-state index contributed by atoms with van der Waals surface area (Å²) in [6, 6.07) is 5.62. The van der Waals surface area contributed by atoms with Crippen LogP contribution >= 0.6 is 0 Å². The molecule has 102 valence electrons. The van der Waals surface area contributed by atoms with Crippen molar-refractivity contribution in [2.45, 2.75) is 12.9 Å². The lowest BCUT2D eigenvalue weighted by Gasteiger charge is -2.10. The van der Waals surface area contributed by atoms with E-state index in [9.17, 15) is 13.2 Å². The molecule has 0 saturated heterocycles. The van der Waals surface area contributed by atoms with Gasteiger partial charge in [-0.2, -0.15) is 0 Å². The van der Waals surface area contributed by atoms with Crippen molar-refractivity contribution in [1.82, 2.24) is 15.0 Å². The Morgan fingerprint density at radius 3 is 2.79 bits per heavy atom. The van der Waals surface area contributed by atoms with Crippen molar-refractivity contribution < 1.29 is 17.9 Å². The lowest BCUT2D eigenvalue weighted by atomic mass is 10.3. The van der Waals surface area contributed by atoms with E-state index in [1.807, 2.05) is 0 Å². The first-order valence-electron chi connectivity index (χ1n) is 5.37. The second-order valence-electron chi connectivity index (χ2n) is 3.81. The molecule has 1 heterocycles. The van der Waals surface area contributed by atoms with Crippen molar-refractivity contribution in [3.8, 4) is 5.75 Å². The number of alkyl halides is 3. The quantitative estimate of drug-likeness (QED) is 0.928. The Balaban J connectivity index is 1.99. The molecule has 2 aromatic rings. The third-order valence-electron chi connectivity index (χ3n) is 2.19. The zero-order chi connectivity index (χ0) is 13.9. The average Bonchev–Trinajstić information content (AvgIpc) is 2.71. The van der Waals surface area contributed by atoms with Crippen molar-refractivity contribution in [3.63, 3.8) is 0 Å². The van der Waals surface area contributed by atoms with E-state index < -0.39 is 6.36 Å². The van der Waals surface area contributed by atoms with E-state index in [2.05, 4.69) is 20.4 Å². The van der Waals surface area contributed by atoms with Gasteiger partial charge in [0.2, 0.25) is 0 Å². The van der Waals surface area contributed by atoms with Gasteiger partial charge in [0, 0.05) is 25.0 Å². The molecule has 0 amide bonds. The van der Waals surface area contributed by atoms with E-state index >= 15 is 0 Å². The summed E-state index contributed by atoms with van der Waals surface area (Å²) < 4.78 is 41.6. The van der Waals surface area contributed by atoms with Crippen molar-refractivity contribution in [3.05, 3.63) is 36.2 Å². The minimum atomic E-state index is -4.69. The maximum atomic E-state index is 12.1. The Kier molecular flexibility index (Phi) is 3.59. The molecule has 0 unspecified atom stereocenters. The lowest BCUT2D eigenvalue weighted by molar-refractivity contribution is -0.274. The Morgan fingerprint density at radius 2 is 2.16 bits per heavy atom. The summed E-state index contributed by atoms with van der Waals surface area (Å²) in [5.74, 6) is -0.267. The molecule has 2 rings (SSSR count). The topological polar surface area (TPSA) is 52.0 Å². The van der Waals surface area contributed by atoms with Crippen molar-refractivity contribution in [2.75, 3.05) is 5.32 Å². The summed E-state index contributed by atoms with van der Waals surface area (Å²) in [7, 11) is 1.73. The highest BCUT2D eigenvalue weighted by atomic mass is 19.4. The van der Waals surface area contributed by atoms with Gasteiger partial charge in [0.05, 0.1) is 6.54 Å². The van der Waals surface area contributed by atoms with E-state index in [1.54, 1.807) is 24.0 Å². The number of hydrogen-bond acceptors (Lipinski definition) is 4. The highest BCUT2D eigenvalue weighted by Crippen LogP contribution is 2.25. The van der Waals surface area contributed by atoms with Gasteiger partial charge in [-0.05, 0) is 12.1 Å². The fourth-order valence-corrected chi connectivity index (χ4v) is 1.47. The van der Waals surface area contributed by atoms with E-state index in [0.717, 1.165) is 0 Å². The summed E-state index contributed by atoms with van der Waals surface area (Å²) in [6.45, 7) is 0.364. The summed E-state index contributed by atoms with van der Waals surface area (Å²) in [5.41, 5.74) is 1.19. The minimum Gasteiger partial charge on any atom is -0.406 e. The van der Waals surface area contributed by atoms with E-state index in [4.69, 9.17) is 0 Å². The van der Waals surface area contributed by atoms with Crippen LogP contribution in [0.3, 0.4) is 0 Å². The Hall–Kier alpha value is -2.25. The molecule has 0 spiro atoms. The predicted molar refractivity (Wildman–Crippen MR) is 61.5 cm³/mol. The van der Waals surface area contributed by atoms with Crippen LogP contribution in [0.4, 0.5) is 18.9 Å². The van der Waals surface area contributed by atoms with Crippen LogP contribution in [0, 0.1) is 0 Å². The van der Waals surface area contributed by atoms with Crippen molar-refractivity contribution >= 4 is 5.69 Å². The first-order valence-corrected chi connectivity index (χ1v) is 5.37. The molecule has 0 saturated carbocycles. The molecule has 0 aliphatic heterocycles. The third kappa shape index (κ3) is 4.16. The molecule has 1 N–H and O–H groups in total. The first kappa shape index (κ1) is 13.2. The molecule has 0 atom stereocenters. The van der Waals surface area contributed by atoms with Gasteiger partial charge in [-0.3, -0.25) is 4.68 Å². The molecule has 0 bridgehead atoms. The SMILES string of the molecule is Cn1cc(CNc2cccc(OC(F)(F)F)c2)nn1. The monoisotopic (exact) mass is 272 g/mol. The van der Waals surface area contributed by atoms with Gasteiger partial charge >= 0.3 is 6.36 Å². The van der Waals surface area contributed by atoms with Crippen molar-refractivity contribution in [1.29, 1.82) is 0 Å². The Labute approximate surface area is 107 Å². The number of benzene rings is 1. The van der Waals surface area contributed by atoms with Gasteiger partial charge in [0.25, 0.3) is 0 Å². The van der Waals surface area contributed by atoms with Gasteiger partial charge in [-0.25, -0.2) is 0 Å². The van der Waals surface area contributed by atoms with Crippen LogP contribution in [0.25, 0.3) is 0 Å². The fourth-order valence-electron chi connectivity index (χ4n) is 1.47. The molecule has 0 radical (unpaired) electrons. The zero-order valence-electron chi connectivity index (χ0n) is 9.98. The summed E-state index contributed by atoms with van der Waals surface area (Å²) >= 11 is 0. The smallest absolute Gasteiger partial charge is 0.406 e. The second kappa shape index (κ2) is 5.17. The number of aryl methyl sites for hydroxylation is 1. The van der Waals surface area contributed by atoms with Gasteiger partial charge in [-0.1, -0.05) is 11.3 Å². The maximum Gasteiger partial charge on any atom is 0.573 e. The normalized spacial score (nSPS) is 11.4. The molecular formula is C11H11F3N4O. The van der Waals surface area contributed by atoms with E-state index in [1.165, 1.54) is 18.2 Å². The molecule has 5 nitrogen and oxygen atoms in total. The van der Waals surface area contributed by atoms with Crippen LogP contribution in [-0.4, -0.2) is 21.4 Å². The molecule has 1 aromatic heterocycles. The number of rotatable bonds is 4. The summed E-state index contributed by atoms with van der Waals surface area (Å²) in [4.78, 5) is 0. The largest absolute Gasteiger partial charge is 0.573 e. The molecule has 0 fully saturated rings. The van der Waals surface area contributed by atoms with Gasteiger partial charge < -0.3 is 10.1 Å². The van der Waals surface area contributed by atoms with Crippen LogP contribution in [-0.2, 0) is 13.6 Å². The minimum absolute atomic E-state index is 0.267. The van der Waals surface area contributed by atoms with E-state index in [-0.39, 0.29) is 5.75 Å². The molecule has 0 aliphatic carbocycles. The number of halogens is 3. The number of nitrogens with zero attached hydrogens (tertiary/aromatic N) is 3. The summed E-state index contributed by atoms with van der Waals surface area (Å²) in [5, 5.41) is 10.5. The highest BCUT2D eigenvalue weighted by Gasteiger charge is 2.31. The number of ether oxygens (including phenoxy) is 1. The van der Waals surface area contributed by atoms with Crippen molar-refractivity contribution in [2.24, 2.45) is 7.05 Å². The molecule has 19 heavy (non-hydrogen) atoms. The van der Waals surface area contributed by atoms with Crippen LogP contribution in [0.1, 0.15) is 5.69 Å². The van der Waals surface area contributed by atoms with Crippen LogP contribution < -0.4 is 10.1 Å². The molecular weight excluding hydrogens is 261 g/mol. The van der Waals surface area contributed by atoms with Gasteiger partial charge in [0.1, 0.15) is 11.4 Å². The number of hydrogen-bond donors (Lipinski definition) is 1. The Bertz CT molecular complexity index is 553. The van der Waals surface area contributed by atoms with Crippen LogP contribution in [0.15, 0.2) is 30.5 Å². The third-order valence-corrected chi connectivity index (χ3v) is 2.19. The molecule has 8 heteroatoms. The maximum absolute atomic E-state index is 12.1. The number of nitrogens with one attached hydrogen (secondary N) is 1. The standard InChI is InChI=1S/C11H11F3N4O/c1-18-7-9(16-17-18)6-15-8-3-2-4-10(5-8)19-11(12,13)14/h2-5,7,15H,6H2,1H3. The molecule has 0 aliphatic rings. The highest BCUT2D eigenvalue weighted by molar-refractivity contribution is 5.48. The lowest BCUT2D eigenvalue weighted by Crippen LogP contribution is -2.17. The number of anilines is 1. The fraction of sp³-hybridized carbons (Fsp3) is 0.273. The van der Waals surface area contributed by atoms with Gasteiger partial charge in [0.15, 0.2) is 0 Å². The van der Waals surface area contributed by atoms with Crippen LogP contribution in [0.2, 0.25) is 0 Å².